The number of likely N-dealkylation sites (N-methyl/N-ethyl adjacent to an activating group) is 1. The predicted octanol–water partition coefficient (Wildman–Crippen LogP) is 3.27. The second kappa shape index (κ2) is 16.4. The Morgan fingerprint density at radius 1 is 1.00 bits per heavy atom. The number of hydrogen-bond acceptors (Lipinski definition) is 9. The quantitative estimate of drug-likeness (QED) is 0.279. The SMILES string of the molecule is C=CCN1CC(=O)N2C(CN(Cc3cccc(N4CC(N5CCN(CC)[C@@H](C)C5)C4)n3)C(=O)[C@@H]2Cc2c(F)cc(O)cc2F)N1C(=O)CCc1ccccc1. The van der Waals surface area contributed by atoms with Crippen LogP contribution in [0.3, 0.4) is 0 Å². The Hall–Kier alpha value is -4.92. The maximum Gasteiger partial charge on any atom is 0.246 e. The highest BCUT2D eigenvalue weighted by Gasteiger charge is 2.51. The molecule has 1 N–H and O–H groups in total. The molecule has 292 valence electrons. The van der Waals surface area contributed by atoms with Gasteiger partial charge < -0.3 is 19.8 Å². The normalized spacial score (nSPS) is 22.9. The first-order valence-electron chi connectivity index (χ1n) is 19.2. The smallest absolute Gasteiger partial charge is 0.246 e. The van der Waals surface area contributed by atoms with Gasteiger partial charge in [0.2, 0.25) is 17.7 Å². The zero-order valence-corrected chi connectivity index (χ0v) is 31.6. The summed E-state index contributed by atoms with van der Waals surface area (Å²) in [4.78, 5) is 57.6. The monoisotopic (exact) mass is 756 g/mol. The van der Waals surface area contributed by atoms with Crippen LogP contribution in [-0.2, 0) is 33.8 Å². The minimum atomic E-state index is -1.33. The molecule has 5 heterocycles. The van der Waals surface area contributed by atoms with Crippen LogP contribution in [0.1, 0.15) is 37.1 Å². The van der Waals surface area contributed by atoms with Crippen LogP contribution in [0.2, 0.25) is 0 Å². The molecule has 0 aliphatic carbocycles. The molecule has 55 heavy (non-hydrogen) atoms. The number of piperazine rings is 2. The number of aryl methyl sites for hydroxylation is 1. The minimum absolute atomic E-state index is 0.0358. The number of benzene rings is 2. The highest BCUT2D eigenvalue weighted by Crippen LogP contribution is 2.32. The van der Waals surface area contributed by atoms with E-state index in [0.29, 0.717) is 24.2 Å². The molecule has 0 bridgehead atoms. The molecule has 1 unspecified atom stereocenters. The van der Waals surface area contributed by atoms with Gasteiger partial charge in [-0.15, -0.1) is 6.58 Å². The van der Waals surface area contributed by atoms with E-state index >= 15 is 8.78 Å². The summed E-state index contributed by atoms with van der Waals surface area (Å²) in [6, 6.07) is 16.5. The summed E-state index contributed by atoms with van der Waals surface area (Å²) >= 11 is 0. The fourth-order valence-corrected chi connectivity index (χ4v) is 8.52. The lowest BCUT2D eigenvalue weighted by atomic mass is 9.97. The van der Waals surface area contributed by atoms with Crippen molar-refractivity contribution in [3.05, 3.63) is 102 Å². The van der Waals surface area contributed by atoms with Gasteiger partial charge in [-0.3, -0.25) is 24.2 Å². The Balaban J connectivity index is 1.15. The molecule has 4 aliphatic heterocycles. The van der Waals surface area contributed by atoms with Crippen molar-refractivity contribution in [1.82, 2.24) is 34.6 Å². The average Bonchev–Trinajstić information content (AvgIpc) is 3.13. The molecule has 12 nitrogen and oxygen atoms in total. The number of nitrogens with zero attached hydrogens (tertiary/aromatic N) is 8. The van der Waals surface area contributed by atoms with Gasteiger partial charge in [0.25, 0.3) is 0 Å². The van der Waals surface area contributed by atoms with Gasteiger partial charge in [0.15, 0.2) is 0 Å². The third-order valence-corrected chi connectivity index (χ3v) is 11.5. The Labute approximate surface area is 321 Å². The Morgan fingerprint density at radius 3 is 2.44 bits per heavy atom. The van der Waals surface area contributed by atoms with Crippen molar-refractivity contribution in [1.29, 1.82) is 0 Å². The second-order valence-electron chi connectivity index (χ2n) is 15.0. The summed E-state index contributed by atoms with van der Waals surface area (Å²) in [5.41, 5.74) is 1.15. The van der Waals surface area contributed by atoms with Crippen LogP contribution in [0.25, 0.3) is 0 Å². The molecule has 0 spiro atoms. The van der Waals surface area contributed by atoms with Gasteiger partial charge in [-0.05, 0) is 37.6 Å². The molecule has 14 heteroatoms. The van der Waals surface area contributed by atoms with E-state index in [1.54, 1.807) is 11.1 Å². The van der Waals surface area contributed by atoms with Crippen molar-refractivity contribution >= 4 is 23.5 Å². The molecular weight excluding hydrogens is 706 g/mol. The molecular formula is C41H50F2N8O4. The average molecular weight is 757 g/mol. The van der Waals surface area contributed by atoms with Gasteiger partial charge in [0.05, 0.1) is 25.3 Å². The summed E-state index contributed by atoms with van der Waals surface area (Å²) in [7, 11) is 0. The lowest BCUT2D eigenvalue weighted by molar-refractivity contribution is -0.205. The zero-order valence-electron chi connectivity index (χ0n) is 31.6. The van der Waals surface area contributed by atoms with E-state index in [0.717, 1.165) is 62.8 Å². The summed E-state index contributed by atoms with van der Waals surface area (Å²) < 4.78 is 30.4. The number of halogens is 2. The number of phenolic OH excluding ortho intramolecular Hbond substituents is 1. The Bertz CT molecular complexity index is 1870. The first kappa shape index (κ1) is 38.4. The van der Waals surface area contributed by atoms with E-state index in [4.69, 9.17) is 4.98 Å². The molecule has 1 aromatic heterocycles. The van der Waals surface area contributed by atoms with Crippen molar-refractivity contribution in [2.24, 2.45) is 0 Å². The second-order valence-corrected chi connectivity index (χ2v) is 15.0. The maximum absolute atomic E-state index is 15.2. The van der Waals surface area contributed by atoms with E-state index in [-0.39, 0.29) is 38.5 Å². The summed E-state index contributed by atoms with van der Waals surface area (Å²) in [6.45, 7) is 14.2. The maximum atomic E-state index is 15.2. The Kier molecular flexibility index (Phi) is 11.5. The largest absolute Gasteiger partial charge is 0.508 e. The highest BCUT2D eigenvalue weighted by molar-refractivity contribution is 5.92. The van der Waals surface area contributed by atoms with Crippen LogP contribution in [0, 0.1) is 11.6 Å². The van der Waals surface area contributed by atoms with E-state index in [2.05, 4.69) is 35.1 Å². The Morgan fingerprint density at radius 2 is 1.75 bits per heavy atom. The van der Waals surface area contributed by atoms with Crippen molar-refractivity contribution in [3.8, 4) is 5.75 Å². The van der Waals surface area contributed by atoms with Gasteiger partial charge in [-0.1, -0.05) is 49.4 Å². The predicted molar refractivity (Wildman–Crippen MR) is 203 cm³/mol. The van der Waals surface area contributed by atoms with Gasteiger partial charge in [-0.2, -0.15) is 0 Å². The fourth-order valence-electron chi connectivity index (χ4n) is 8.52. The topological polar surface area (TPSA) is 107 Å². The molecule has 3 aromatic rings. The van der Waals surface area contributed by atoms with Crippen molar-refractivity contribution < 1.29 is 28.3 Å². The first-order chi connectivity index (χ1) is 26.5. The lowest BCUT2D eigenvalue weighted by Gasteiger charge is -2.55. The molecule has 4 fully saturated rings. The number of phenols is 1. The number of hydrazine groups is 1. The molecule has 7 rings (SSSR count). The number of carbonyl (C=O) groups excluding carboxylic acids is 3. The zero-order chi connectivity index (χ0) is 38.8. The number of carbonyl (C=O) groups is 3. The molecule has 0 saturated carbocycles. The fraction of sp³-hybridized carbons (Fsp3) is 0.463. The number of anilines is 1. The van der Waals surface area contributed by atoms with Crippen molar-refractivity contribution in [2.45, 2.75) is 63.9 Å². The number of amides is 3. The van der Waals surface area contributed by atoms with Crippen LogP contribution in [0.15, 0.2) is 73.3 Å². The number of fused-ring (bicyclic) bond motifs is 1. The number of hydrogen-bond donors (Lipinski definition) is 1. The van der Waals surface area contributed by atoms with E-state index in [1.807, 2.05) is 48.5 Å². The molecule has 0 radical (unpaired) electrons. The van der Waals surface area contributed by atoms with Crippen molar-refractivity contribution in [2.75, 3.05) is 63.8 Å². The van der Waals surface area contributed by atoms with Gasteiger partial charge in [0, 0.05) is 81.9 Å². The van der Waals surface area contributed by atoms with Gasteiger partial charge >= 0.3 is 0 Å². The van der Waals surface area contributed by atoms with Gasteiger partial charge in [-0.25, -0.2) is 23.8 Å². The van der Waals surface area contributed by atoms with E-state index in [9.17, 15) is 19.5 Å². The first-order valence-corrected chi connectivity index (χ1v) is 19.2. The standard InChI is InChI=1S/C41H50F2N8O4/c1-4-16-49-27-40(54)50-36(21-33-34(42)19-32(52)20-35(33)43)41(55)48(26-38(50)51(49)39(53)15-14-29-10-7-6-8-11-29)23-30-12-9-13-37(44-30)47-24-31(25-47)46-18-17-45(5-2)28(3)22-46/h4,6-13,19-20,28,31,36,38,52H,1,5,14-18,21-27H2,2-3H3/t28-,36-,38?/m0/s1. The highest BCUT2D eigenvalue weighted by atomic mass is 19.1. The molecule has 4 saturated heterocycles. The van der Waals surface area contributed by atoms with Crippen LogP contribution < -0.4 is 4.90 Å². The van der Waals surface area contributed by atoms with E-state index < -0.39 is 53.4 Å². The summed E-state index contributed by atoms with van der Waals surface area (Å²) in [6.07, 6.45) is 0.745. The molecule has 3 amide bonds. The van der Waals surface area contributed by atoms with Crippen LogP contribution in [0.4, 0.5) is 14.6 Å². The number of aromatic nitrogens is 1. The van der Waals surface area contributed by atoms with Crippen LogP contribution in [-0.4, -0.2) is 141 Å². The van der Waals surface area contributed by atoms with Crippen LogP contribution >= 0.6 is 0 Å². The third kappa shape index (κ3) is 8.07. The molecule has 4 aliphatic rings. The molecule has 2 aromatic carbocycles. The minimum Gasteiger partial charge on any atom is -0.508 e. The number of rotatable bonds is 12. The number of aromatic hydroxyl groups is 1. The van der Waals surface area contributed by atoms with Crippen molar-refractivity contribution in [3.63, 3.8) is 0 Å². The summed E-state index contributed by atoms with van der Waals surface area (Å²) in [5.74, 6) is -3.08. The lowest BCUT2D eigenvalue weighted by Crippen LogP contribution is -2.76. The number of pyridine rings is 1. The van der Waals surface area contributed by atoms with Gasteiger partial charge in [0.1, 0.15) is 35.4 Å². The van der Waals surface area contributed by atoms with E-state index in [1.165, 1.54) is 14.8 Å². The molecule has 3 atom stereocenters. The summed E-state index contributed by atoms with van der Waals surface area (Å²) in [5, 5.41) is 13.0. The van der Waals surface area contributed by atoms with Crippen LogP contribution in [0.5, 0.6) is 5.75 Å². The third-order valence-electron chi connectivity index (χ3n) is 11.5.